The van der Waals surface area contributed by atoms with Crippen molar-refractivity contribution < 1.29 is 19.1 Å². The molecule has 4 atom stereocenters. The first-order chi connectivity index (χ1) is 15.6. The Balaban J connectivity index is 1.49. The fourth-order valence-corrected chi connectivity index (χ4v) is 6.99. The second-order valence-electron chi connectivity index (χ2n) is 10.9. The lowest BCUT2D eigenvalue weighted by Crippen LogP contribution is -2.53. The molecule has 2 aromatic rings. The number of thiophene rings is 1. The molecular weight excluding hydrogens is 436 g/mol. The number of fused-ring (bicyclic) bond motifs is 1. The van der Waals surface area contributed by atoms with Crippen LogP contribution in [0.3, 0.4) is 0 Å². The lowest BCUT2D eigenvalue weighted by atomic mass is 9.57. The maximum absolute atomic E-state index is 12.9. The van der Waals surface area contributed by atoms with Crippen LogP contribution in [0.2, 0.25) is 0 Å². The molecule has 0 bridgehead atoms. The lowest BCUT2D eigenvalue weighted by molar-refractivity contribution is -0.125. The van der Waals surface area contributed by atoms with Gasteiger partial charge in [0.2, 0.25) is 11.8 Å². The van der Waals surface area contributed by atoms with E-state index in [4.69, 9.17) is 4.42 Å². The van der Waals surface area contributed by atoms with Gasteiger partial charge in [0.05, 0.1) is 24.8 Å². The number of carbonyl (C=O) groups is 2. The van der Waals surface area contributed by atoms with Gasteiger partial charge in [0.15, 0.2) is 0 Å². The number of hydrogen-bond donors (Lipinski definition) is 3. The largest absolute Gasteiger partial charge is 0.467 e. The number of rotatable bonds is 8. The average molecular weight is 473 g/mol. The molecule has 0 spiro atoms. The van der Waals surface area contributed by atoms with Crippen molar-refractivity contribution in [2.75, 3.05) is 0 Å². The number of amides is 2. The van der Waals surface area contributed by atoms with Crippen molar-refractivity contribution in [3.63, 3.8) is 0 Å². The predicted molar refractivity (Wildman–Crippen MR) is 129 cm³/mol. The molecule has 2 fully saturated rings. The van der Waals surface area contributed by atoms with Crippen LogP contribution in [-0.2, 0) is 22.6 Å². The van der Waals surface area contributed by atoms with Gasteiger partial charge in [-0.1, -0.05) is 19.9 Å². The molecule has 4 rings (SSSR count). The Morgan fingerprint density at radius 3 is 2.67 bits per heavy atom. The van der Waals surface area contributed by atoms with Gasteiger partial charge >= 0.3 is 0 Å². The van der Waals surface area contributed by atoms with Crippen LogP contribution in [0.1, 0.15) is 69.9 Å². The molecule has 0 aliphatic heterocycles. The lowest BCUT2D eigenvalue weighted by Gasteiger charge is -2.50. The molecule has 2 amide bonds. The van der Waals surface area contributed by atoms with Gasteiger partial charge in [-0.25, -0.2) is 0 Å². The fourth-order valence-electron chi connectivity index (χ4n) is 6.28. The summed E-state index contributed by atoms with van der Waals surface area (Å²) in [6.07, 6.45) is 6.13. The summed E-state index contributed by atoms with van der Waals surface area (Å²) in [7, 11) is 0. The van der Waals surface area contributed by atoms with E-state index < -0.39 is 5.60 Å². The van der Waals surface area contributed by atoms with Crippen LogP contribution in [0.5, 0.6) is 0 Å². The summed E-state index contributed by atoms with van der Waals surface area (Å²) in [5, 5.41) is 19.2. The van der Waals surface area contributed by atoms with E-state index in [1.54, 1.807) is 17.6 Å². The smallest absolute Gasteiger partial charge is 0.225 e. The number of furan rings is 1. The third kappa shape index (κ3) is 5.35. The van der Waals surface area contributed by atoms with E-state index >= 15 is 0 Å². The molecule has 2 saturated carbocycles. The minimum Gasteiger partial charge on any atom is -0.467 e. The van der Waals surface area contributed by atoms with Gasteiger partial charge in [0.25, 0.3) is 0 Å². The molecule has 6 nitrogen and oxygen atoms in total. The number of nitrogens with one attached hydrogen (secondary N) is 2. The van der Waals surface area contributed by atoms with E-state index in [1.807, 2.05) is 36.6 Å². The Hall–Kier alpha value is -2.12. The molecule has 2 aliphatic carbocycles. The van der Waals surface area contributed by atoms with E-state index in [0.29, 0.717) is 38.6 Å². The Labute approximate surface area is 200 Å². The fraction of sp³-hybridized carbons (Fsp3) is 0.615. The van der Waals surface area contributed by atoms with Crippen molar-refractivity contribution in [3.8, 4) is 0 Å². The van der Waals surface area contributed by atoms with Crippen LogP contribution >= 0.6 is 11.3 Å². The average Bonchev–Trinajstić information content (AvgIpc) is 3.47. The van der Waals surface area contributed by atoms with Gasteiger partial charge in [0, 0.05) is 17.3 Å². The summed E-state index contributed by atoms with van der Waals surface area (Å²) in [4.78, 5) is 26.7. The molecule has 0 radical (unpaired) electrons. The minimum atomic E-state index is -0.706. The Kier molecular flexibility index (Phi) is 6.74. The van der Waals surface area contributed by atoms with E-state index in [0.717, 1.165) is 23.5 Å². The number of carbonyl (C=O) groups excluding carboxylic acids is 2. The zero-order valence-corrected chi connectivity index (χ0v) is 20.7. The number of aliphatic hydroxyl groups is 1. The van der Waals surface area contributed by atoms with Crippen LogP contribution in [0, 0.1) is 16.7 Å². The summed E-state index contributed by atoms with van der Waals surface area (Å²) in [6, 6.07) is 7.61. The molecule has 2 aliphatic rings. The second kappa shape index (κ2) is 9.26. The predicted octanol–water partition coefficient (Wildman–Crippen LogP) is 4.43. The monoisotopic (exact) mass is 472 g/mol. The Morgan fingerprint density at radius 1 is 1.15 bits per heavy atom. The maximum Gasteiger partial charge on any atom is 0.225 e. The van der Waals surface area contributed by atoms with Crippen molar-refractivity contribution >= 4 is 23.2 Å². The minimum absolute atomic E-state index is 0.000985. The first-order valence-electron chi connectivity index (χ1n) is 11.9. The van der Waals surface area contributed by atoms with Gasteiger partial charge in [-0.2, -0.15) is 0 Å². The van der Waals surface area contributed by atoms with Crippen molar-refractivity contribution in [1.29, 1.82) is 0 Å². The van der Waals surface area contributed by atoms with E-state index in [9.17, 15) is 14.7 Å². The van der Waals surface area contributed by atoms with Gasteiger partial charge < -0.3 is 20.2 Å². The first-order valence-corrected chi connectivity index (χ1v) is 12.8. The standard InChI is InChI=1S/C26H36N2O4S/c1-24(2)16-21(28-23(30)14-19-7-5-13-33-19)26(11-10-25(3,31)15-20(24)26)9-8-22(29)27-17-18-6-4-12-32-18/h4-7,12-13,20-21,31H,8-11,14-17H2,1-3H3,(H,27,29)(H,28,30). The Bertz CT molecular complexity index is 951. The van der Waals surface area contributed by atoms with Crippen molar-refractivity contribution in [2.24, 2.45) is 16.7 Å². The summed E-state index contributed by atoms with van der Waals surface area (Å²) in [5.41, 5.74) is -0.933. The molecule has 7 heteroatoms. The van der Waals surface area contributed by atoms with Crippen LogP contribution in [0.25, 0.3) is 0 Å². The highest BCUT2D eigenvalue weighted by Crippen LogP contribution is 2.63. The highest BCUT2D eigenvalue weighted by atomic mass is 32.1. The Morgan fingerprint density at radius 2 is 1.97 bits per heavy atom. The molecule has 180 valence electrons. The second-order valence-corrected chi connectivity index (χ2v) is 11.9. The summed E-state index contributed by atoms with van der Waals surface area (Å²) in [5.74, 6) is 0.996. The van der Waals surface area contributed by atoms with E-state index in [2.05, 4.69) is 24.5 Å². The summed E-state index contributed by atoms with van der Waals surface area (Å²) in [6.45, 7) is 6.79. The zero-order valence-electron chi connectivity index (χ0n) is 19.9. The molecule has 33 heavy (non-hydrogen) atoms. The zero-order chi connectivity index (χ0) is 23.7. The summed E-state index contributed by atoms with van der Waals surface area (Å²) >= 11 is 1.59. The van der Waals surface area contributed by atoms with Crippen LogP contribution in [-0.4, -0.2) is 28.6 Å². The van der Waals surface area contributed by atoms with Crippen LogP contribution in [0.4, 0.5) is 0 Å². The van der Waals surface area contributed by atoms with Gasteiger partial charge in [-0.3, -0.25) is 9.59 Å². The highest BCUT2D eigenvalue weighted by Gasteiger charge is 2.61. The number of hydrogen-bond acceptors (Lipinski definition) is 5. The molecular formula is C26H36N2O4S. The van der Waals surface area contributed by atoms with Crippen molar-refractivity contribution in [3.05, 3.63) is 46.5 Å². The van der Waals surface area contributed by atoms with Gasteiger partial charge in [-0.15, -0.1) is 11.3 Å². The van der Waals surface area contributed by atoms with Crippen molar-refractivity contribution in [2.45, 2.75) is 83.9 Å². The molecule has 0 saturated heterocycles. The third-order valence-corrected chi connectivity index (χ3v) is 8.82. The quantitative estimate of drug-likeness (QED) is 0.530. The van der Waals surface area contributed by atoms with Crippen LogP contribution in [0.15, 0.2) is 40.3 Å². The van der Waals surface area contributed by atoms with E-state index in [-0.39, 0.29) is 34.6 Å². The first kappa shape index (κ1) is 24.0. The third-order valence-electron chi connectivity index (χ3n) is 7.94. The molecule has 3 N–H and O–H groups in total. The SMILES string of the molecule is CC1(O)CCC2(CCC(=O)NCc3ccco3)C(NC(=O)Cc3cccs3)CC(C)(C)C2C1. The van der Waals surface area contributed by atoms with Crippen LogP contribution < -0.4 is 10.6 Å². The van der Waals surface area contributed by atoms with Gasteiger partial charge in [0.1, 0.15) is 5.76 Å². The van der Waals surface area contributed by atoms with E-state index in [1.165, 1.54) is 0 Å². The topological polar surface area (TPSA) is 91.6 Å². The highest BCUT2D eigenvalue weighted by molar-refractivity contribution is 7.10. The summed E-state index contributed by atoms with van der Waals surface area (Å²) < 4.78 is 5.31. The molecule has 4 unspecified atom stereocenters. The molecule has 0 aromatic carbocycles. The molecule has 2 aromatic heterocycles. The maximum atomic E-state index is 12.9. The van der Waals surface area contributed by atoms with Gasteiger partial charge in [-0.05, 0) is 79.4 Å². The normalized spacial score (nSPS) is 30.5. The molecule has 2 heterocycles. The van der Waals surface area contributed by atoms with Crippen molar-refractivity contribution in [1.82, 2.24) is 10.6 Å².